The minimum absolute atomic E-state index is 0.114. The van der Waals surface area contributed by atoms with Crippen LogP contribution in [0.5, 0.6) is 0 Å². The number of imidazole rings is 1. The van der Waals surface area contributed by atoms with E-state index < -0.39 is 11.8 Å². The van der Waals surface area contributed by atoms with Crippen molar-refractivity contribution in [3.8, 4) is 0 Å². The van der Waals surface area contributed by atoms with Crippen LogP contribution in [-0.4, -0.2) is 51.9 Å². The van der Waals surface area contributed by atoms with Crippen LogP contribution in [0.25, 0.3) is 0 Å². The number of likely N-dealkylation sites (tertiary alicyclic amines) is 1. The average Bonchev–Trinajstić information content (AvgIpc) is 3.11. The molecule has 2 amide bonds. The van der Waals surface area contributed by atoms with Crippen LogP contribution in [0.15, 0.2) is 12.4 Å². The molecule has 2 aliphatic rings. The number of nitrogens with one attached hydrogen (secondary N) is 1. The number of urea groups is 1. The molecule has 3 heterocycles. The summed E-state index contributed by atoms with van der Waals surface area (Å²) in [6.07, 6.45) is 4.19. The van der Waals surface area contributed by atoms with Crippen LogP contribution in [-0.2, 0) is 16.5 Å². The van der Waals surface area contributed by atoms with E-state index in [1.807, 2.05) is 17.8 Å². The zero-order chi connectivity index (χ0) is 17.3. The van der Waals surface area contributed by atoms with Gasteiger partial charge in [0, 0.05) is 45.4 Å². The van der Waals surface area contributed by atoms with E-state index in [1.165, 1.54) is 0 Å². The molecular formula is C16H24N4O4. The molecule has 0 saturated carbocycles. The lowest BCUT2D eigenvalue weighted by Crippen LogP contribution is -2.51. The molecule has 8 heteroatoms. The third-order valence-electron chi connectivity index (χ3n) is 4.80. The minimum Gasteiger partial charge on any atom is -0.430 e. The van der Waals surface area contributed by atoms with Gasteiger partial charge in [0.1, 0.15) is 12.4 Å². The summed E-state index contributed by atoms with van der Waals surface area (Å²) in [5.41, 5.74) is -0.551. The van der Waals surface area contributed by atoms with Crippen LogP contribution < -0.4 is 5.32 Å². The van der Waals surface area contributed by atoms with Crippen molar-refractivity contribution in [2.45, 2.75) is 38.3 Å². The number of amides is 2. The van der Waals surface area contributed by atoms with Gasteiger partial charge in [-0.05, 0) is 5.92 Å². The van der Waals surface area contributed by atoms with Gasteiger partial charge in [-0.1, -0.05) is 13.8 Å². The Bertz CT molecular complexity index is 619. The van der Waals surface area contributed by atoms with Crippen molar-refractivity contribution in [2.24, 2.45) is 13.0 Å². The number of hydrogen-bond donors (Lipinski definition) is 1. The van der Waals surface area contributed by atoms with Crippen LogP contribution in [0.3, 0.4) is 0 Å². The predicted octanol–water partition coefficient (Wildman–Crippen LogP) is 1.83. The molecule has 1 aromatic heterocycles. The highest BCUT2D eigenvalue weighted by Gasteiger charge is 2.45. The number of hydrogen-bond acceptors (Lipinski definition) is 5. The van der Waals surface area contributed by atoms with Gasteiger partial charge in [-0.3, -0.25) is 0 Å². The lowest BCUT2D eigenvalue weighted by atomic mass is 9.92. The number of nitrogens with zero attached hydrogens (tertiary/aromatic N) is 3. The maximum atomic E-state index is 12.6. The Morgan fingerprint density at radius 1 is 1.38 bits per heavy atom. The van der Waals surface area contributed by atoms with E-state index in [-0.39, 0.29) is 24.6 Å². The first-order valence-corrected chi connectivity index (χ1v) is 8.29. The first kappa shape index (κ1) is 16.6. The third kappa shape index (κ3) is 3.18. The van der Waals surface area contributed by atoms with Gasteiger partial charge in [0.2, 0.25) is 0 Å². The monoisotopic (exact) mass is 336 g/mol. The molecule has 3 rings (SSSR count). The van der Waals surface area contributed by atoms with Crippen molar-refractivity contribution < 1.29 is 19.1 Å². The third-order valence-corrected chi connectivity index (χ3v) is 4.80. The number of piperidine rings is 1. The number of aromatic nitrogens is 2. The molecule has 1 unspecified atom stereocenters. The predicted molar refractivity (Wildman–Crippen MR) is 85.3 cm³/mol. The topological polar surface area (TPSA) is 85.7 Å². The second kappa shape index (κ2) is 6.33. The number of carbonyl (C=O) groups is 2. The van der Waals surface area contributed by atoms with E-state index in [2.05, 4.69) is 24.1 Å². The standard InChI is InChI=1S/C16H24N4O4/c1-11(2)12(13-17-6-9-19(13)3)18-14(21)20-7-4-16(5-8-20)10-23-15(22)24-16/h6,9,11-12H,4-5,7-8,10H2,1-3H3,(H,18,21). The van der Waals surface area contributed by atoms with Crippen molar-refractivity contribution in [2.75, 3.05) is 19.7 Å². The SMILES string of the molecule is CC(C)C(NC(=O)N1CCC2(CC1)COC(=O)O2)c1nccn1C. The van der Waals surface area contributed by atoms with Crippen molar-refractivity contribution in [3.05, 3.63) is 18.2 Å². The van der Waals surface area contributed by atoms with Crippen LogP contribution in [0.4, 0.5) is 9.59 Å². The molecular weight excluding hydrogens is 312 g/mol. The van der Waals surface area contributed by atoms with Crippen LogP contribution in [0, 0.1) is 5.92 Å². The zero-order valence-corrected chi connectivity index (χ0v) is 14.3. The van der Waals surface area contributed by atoms with E-state index in [1.54, 1.807) is 11.1 Å². The number of cyclic esters (lactones) is 1. The van der Waals surface area contributed by atoms with Gasteiger partial charge in [-0.25, -0.2) is 14.6 Å². The molecule has 0 aromatic carbocycles. The van der Waals surface area contributed by atoms with E-state index >= 15 is 0 Å². The maximum absolute atomic E-state index is 12.6. The van der Waals surface area contributed by atoms with Gasteiger partial charge in [0.15, 0.2) is 5.60 Å². The molecule has 2 saturated heterocycles. The summed E-state index contributed by atoms with van der Waals surface area (Å²) >= 11 is 0. The lowest BCUT2D eigenvalue weighted by Gasteiger charge is -2.37. The summed E-state index contributed by atoms with van der Waals surface area (Å²) in [4.78, 5) is 29.9. The van der Waals surface area contributed by atoms with Gasteiger partial charge in [0.25, 0.3) is 0 Å². The molecule has 0 aliphatic carbocycles. The molecule has 0 radical (unpaired) electrons. The van der Waals surface area contributed by atoms with Crippen molar-refractivity contribution in [1.29, 1.82) is 0 Å². The smallest absolute Gasteiger partial charge is 0.430 e. The van der Waals surface area contributed by atoms with Gasteiger partial charge in [-0.2, -0.15) is 0 Å². The highest BCUT2D eigenvalue weighted by atomic mass is 16.8. The largest absolute Gasteiger partial charge is 0.509 e. The van der Waals surface area contributed by atoms with Crippen LogP contribution >= 0.6 is 0 Å². The van der Waals surface area contributed by atoms with E-state index in [0.29, 0.717) is 25.9 Å². The first-order chi connectivity index (χ1) is 11.4. The molecule has 1 N–H and O–H groups in total. The number of rotatable bonds is 3. The minimum atomic E-state index is -0.609. The molecule has 132 valence electrons. The van der Waals surface area contributed by atoms with Crippen molar-refractivity contribution in [3.63, 3.8) is 0 Å². The normalized spacial score (nSPS) is 20.8. The Labute approximate surface area is 141 Å². The zero-order valence-electron chi connectivity index (χ0n) is 14.3. The average molecular weight is 336 g/mol. The summed E-state index contributed by atoms with van der Waals surface area (Å²) in [6.45, 7) is 5.46. The Hall–Kier alpha value is -2.25. The van der Waals surface area contributed by atoms with Crippen molar-refractivity contribution >= 4 is 12.2 Å². The fourth-order valence-electron chi connectivity index (χ4n) is 3.22. The van der Waals surface area contributed by atoms with Crippen LogP contribution in [0.2, 0.25) is 0 Å². The van der Waals surface area contributed by atoms with Gasteiger partial charge in [0.05, 0.1) is 6.04 Å². The lowest BCUT2D eigenvalue weighted by molar-refractivity contribution is 0.00893. The second-order valence-electron chi connectivity index (χ2n) is 6.88. The number of carbonyl (C=O) groups excluding carboxylic acids is 2. The fourth-order valence-corrected chi connectivity index (χ4v) is 3.22. The highest BCUT2D eigenvalue weighted by molar-refractivity contribution is 5.75. The van der Waals surface area contributed by atoms with Gasteiger partial charge >= 0.3 is 12.2 Å². The highest BCUT2D eigenvalue weighted by Crippen LogP contribution is 2.32. The van der Waals surface area contributed by atoms with Crippen LogP contribution in [0.1, 0.15) is 38.6 Å². The number of aryl methyl sites for hydroxylation is 1. The Morgan fingerprint density at radius 3 is 2.58 bits per heavy atom. The second-order valence-corrected chi connectivity index (χ2v) is 6.88. The molecule has 2 aliphatic heterocycles. The summed E-state index contributed by atoms with van der Waals surface area (Å²) < 4.78 is 12.1. The summed E-state index contributed by atoms with van der Waals surface area (Å²) in [7, 11) is 1.92. The fraction of sp³-hybridized carbons (Fsp3) is 0.688. The molecule has 2 fully saturated rings. The number of ether oxygens (including phenoxy) is 2. The van der Waals surface area contributed by atoms with E-state index in [9.17, 15) is 9.59 Å². The summed E-state index contributed by atoms with van der Waals surface area (Å²) in [5, 5.41) is 3.08. The Balaban J connectivity index is 1.61. The molecule has 0 bridgehead atoms. The molecule has 1 spiro atoms. The molecule has 8 nitrogen and oxygen atoms in total. The molecule has 1 atom stereocenters. The summed E-state index contributed by atoms with van der Waals surface area (Å²) in [5.74, 6) is 1.06. The maximum Gasteiger partial charge on any atom is 0.509 e. The Morgan fingerprint density at radius 2 is 2.08 bits per heavy atom. The quantitative estimate of drug-likeness (QED) is 0.851. The van der Waals surface area contributed by atoms with Crippen molar-refractivity contribution in [1.82, 2.24) is 19.8 Å². The summed E-state index contributed by atoms with van der Waals surface area (Å²) in [6, 6.07) is -0.266. The Kier molecular flexibility index (Phi) is 4.38. The van der Waals surface area contributed by atoms with E-state index in [0.717, 1.165) is 5.82 Å². The van der Waals surface area contributed by atoms with Gasteiger partial charge in [-0.15, -0.1) is 0 Å². The molecule has 1 aromatic rings. The van der Waals surface area contributed by atoms with Gasteiger partial charge < -0.3 is 24.3 Å². The van der Waals surface area contributed by atoms with E-state index in [4.69, 9.17) is 9.47 Å². The first-order valence-electron chi connectivity index (χ1n) is 8.29. The molecule has 24 heavy (non-hydrogen) atoms.